The first kappa shape index (κ1) is 16.4. The molecule has 1 saturated heterocycles. The SMILES string of the molecule is CCCCCCCCCCCCC1CNCCS1. The van der Waals surface area contributed by atoms with Gasteiger partial charge in [0.05, 0.1) is 0 Å². The molecule has 0 aromatic rings. The average molecular weight is 272 g/mol. The van der Waals surface area contributed by atoms with Crippen molar-refractivity contribution in [3.8, 4) is 0 Å². The van der Waals surface area contributed by atoms with Crippen molar-refractivity contribution in [1.29, 1.82) is 0 Å². The molecular weight excluding hydrogens is 238 g/mol. The summed E-state index contributed by atoms with van der Waals surface area (Å²) in [5.74, 6) is 1.32. The molecule has 0 aromatic heterocycles. The minimum atomic E-state index is 0.910. The lowest BCUT2D eigenvalue weighted by Gasteiger charge is -2.22. The Morgan fingerprint density at radius 2 is 1.50 bits per heavy atom. The molecule has 2 heteroatoms. The molecule has 1 aliphatic rings. The van der Waals surface area contributed by atoms with Gasteiger partial charge >= 0.3 is 0 Å². The molecular formula is C16H33NS. The number of thioether (sulfide) groups is 1. The Balaban J connectivity index is 1.73. The zero-order chi connectivity index (χ0) is 12.9. The second kappa shape index (κ2) is 12.3. The molecule has 1 aliphatic heterocycles. The Bertz CT molecular complexity index is 166. The highest BCUT2D eigenvalue weighted by Gasteiger charge is 2.12. The summed E-state index contributed by atoms with van der Waals surface area (Å²) in [4.78, 5) is 0. The average Bonchev–Trinajstić information content (AvgIpc) is 2.42. The molecule has 1 fully saturated rings. The van der Waals surface area contributed by atoms with Gasteiger partial charge in [0, 0.05) is 24.1 Å². The number of hydrogen-bond donors (Lipinski definition) is 1. The van der Waals surface area contributed by atoms with Gasteiger partial charge in [-0.3, -0.25) is 0 Å². The van der Waals surface area contributed by atoms with Crippen molar-refractivity contribution >= 4 is 11.8 Å². The second-order valence-electron chi connectivity index (χ2n) is 5.67. The highest BCUT2D eigenvalue weighted by molar-refractivity contribution is 8.00. The Kier molecular flexibility index (Phi) is 11.2. The molecule has 0 saturated carbocycles. The van der Waals surface area contributed by atoms with Crippen LogP contribution in [-0.2, 0) is 0 Å². The molecule has 0 radical (unpaired) electrons. The van der Waals surface area contributed by atoms with E-state index < -0.39 is 0 Å². The van der Waals surface area contributed by atoms with Crippen molar-refractivity contribution < 1.29 is 0 Å². The van der Waals surface area contributed by atoms with Crippen LogP contribution in [0.4, 0.5) is 0 Å². The Morgan fingerprint density at radius 1 is 0.889 bits per heavy atom. The monoisotopic (exact) mass is 271 g/mol. The summed E-state index contributed by atoms with van der Waals surface area (Å²) >= 11 is 2.18. The van der Waals surface area contributed by atoms with E-state index in [-0.39, 0.29) is 0 Å². The Labute approximate surface area is 119 Å². The van der Waals surface area contributed by atoms with Crippen molar-refractivity contribution in [2.45, 2.75) is 82.8 Å². The molecule has 1 nitrogen and oxygen atoms in total. The van der Waals surface area contributed by atoms with Crippen LogP contribution < -0.4 is 5.32 Å². The molecule has 1 N–H and O–H groups in total. The van der Waals surface area contributed by atoms with Crippen LogP contribution >= 0.6 is 11.8 Å². The first-order chi connectivity index (χ1) is 8.93. The van der Waals surface area contributed by atoms with Crippen LogP contribution in [0.1, 0.15) is 77.6 Å². The fourth-order valence-corrected chi connectivity index (χ4v) is 3.83. The number of nitrogens with one attached hydrogen (secondary N) is 1. The second-order valence-corrected chi connectivity index (χ2v) is 7.08. The zero-order valence-electron chi connectivity index (χ0n) is 12.4. The quantitative estimate of drug-likeness (QED) is 0.531. The molecule has 1 heterocycles. The van der Waals surface area contributed by atoms with Gasteiger partial charge in [0.2, 0.25) is 0 Å². The Morgan fingerprint density at radius 3 is 2.06 bits per heavy atom. The van der Waals surface area contributed by atoms with E-state index >= 15 is 0 Å². The van der Waals surface area contributed by atoms with E-state index in [1.807, 2.05) is 0 Å². The van der Waals surface area contributed by atoms with E-state index in [1.165, 1.54) is 89.5 Å². The summed E-state index contributed by atoms with van der Waals surface area (Å²) in [6.45, 7) is 4.77. The lowest BCUT2D eigenvalue weighted by atomic mass is 10.1. The van der Waals surface area contributed by atoms with Crippen LogP contribution in [0.15, 0.2) is 0 Å². The highest BCUT2D eigenvalue weighted by atomic mass is 32.2. The summed E-state index contributed by atoms with van der Waals surface area (Å²) in [6.07, 6.45) is 16.0. The molecule has 0 spiro atoms. The van der Waals surface area contributed by atoms with Crippen LogP contribution in [-0.4, -0.2) is 24.1 Å². The fourth-order valence-electron chi connectivity index (χ4n) is 2.66. The minimum Gasteiger partial charge on any atom is -0.315 e. The molecule has 0 amide bonds. The molecule has 0 bridgehead atoms. The molecule has 0 aromatic carbocycles. The Hall–Kier alpha value is 0.310. The maximum atomic E-state index is 3.50. The van der Waals surface area contributed by atoms with E-state index in [0.717, 1.165) is 5.25 Å². The number of rotatable bonds is 11. The van der Waals surface area contributed by atoms with Crippen LogP contribution in [0, 0.1) is 0 Å². The third kappa shape index (κ3) is 9.27. The van der Waals surface area contributed by atoms with Gasteiger partial charge in [-0.15, -0.1) is 0 Å². The van der Waals surface area contributed by atoms with Gasteiger partial charge in [0.1, 0.15) is 0 Å². The molecule has 108 valence electrons. The first-order valence-corrected chi connectivity index (χ1v) is 9.30. The summed E-state index contributed by atoms with van der Waals surface area (Å²) in [7, 11) is 0. The predicted octanol–water partition coefficient (Wildman–Crippen LogP) is 5.00. The first-order valence-electron chi connectivity index (χ1n) is 8.26. The fraction of sp³-hybridized carbons (Fsp3) is 1.00. The zero-order valence-corrected chi connectivity index (χ0v) is 13.2. The van der Waals surface area contributed by atoms with Crippen molar-refractivity contribution in [2.24, 2.45) is 0 Å². The molecule has 1 unspecified atom stereocenters. The maximum absolute atomic E-state index is 3.50. The third-order valence-electron chi connectivity index (χ3n) is 3.88. The summed E-state index contributed by atoms with van der Waals surface area (Å²) in [5.41, 5.74) is 0. The van der Waals surface area contributed by atoms with Gasteiger partial charge in [-0.05, 0) is 6.42 Å². The van der Waals surface area contributed by atoms with Gasteiger partial charge < -0.3 is 5.32 Å². The van der Waals surface area contributed by atoms with E-state index in [1.54, 1.807) is 0 Å². The largest absolute Gasteiger partial charge is 0.315 e. The number of unbranched alkanes of at least 4 members (excludes halogenated alkanes) is 9. The molecule has 0 aliphatic carbocycles. The smallest absolute Gasteiger partial charge is 0.0172 e. The van der Waals surface area contributed by atoms with Crippen molar-refractivity contribution in [2.75, 3.05) is 18.8 Å². The van der Waals surface area contributed by atoms with Gasteiger partial charge in [-0.2, -0.15) is 11.8 Å². The minimum absolute atomic E-state index is 0.910. The van der Waals surface area contributed by atoms with E-state index in [2.05, 4.69) is 24.0 Å². The van der Waals surface area contributed by atoms with E-state index in [9.17, 15) is 0 Å². The van der Waals surface area contributed by atoms with Gasteiger partial charge in [-0.1, -0.05) is 71.1 Å². The van der Waals surface area contributed by atoms with Crippen LogP contribution in [0.3, 0.4) is 0 Å². The van der Waals surface area contributed by atoms with E-state index in [4.69, 9.17) is 0 Å². The molecule has 1 atom stereocenters. The lowest BCUT2D eigenvalue weighted by molar-refractivity contribution is 0.538. The van der Waals surface area contributed by atoms with Crippen LogP contribution in [0.5, 0.6) is 0 Å². The van der Waals surface area contributed by atoms with Crippen LogP contribution in [0.2, 0.25) is 0 Å². The van der Waals surface area contributed by atoms with Gasteiger partial charge in [0.25, 0.3) is 0 Å². The highest BCUT2D eigenvalue weighted by Crippen LogP contribution is 2.20. The third-order valence-corrected chi connectivity index (χ3v) is 5.20. The number of hydrogen-bond acceptors (Lipinski definition) is 2. The van der Waals surface area contributed by atoms with Crippen molar-refractivity contribution in [3.05, 3.63) is 0 Å². The van der Waals surface area contributed by atoms with Gasteiger partial charge in [0.15, 0.2) is 0 Å². The van der Waals surface area contributed by atoms with Crippen molar-refractivity contribution in [1.82, 2.24) is 5.32 Å². The molecule has 18 heavy (non-hydrogen) atoms. The summed E-state index contributed by atoms with van der Waals surface area (Å²) in [6, 6.07) is 0. The maximum Gasteiger partial charge on any atom is 0.0172 e. The standard InChI is InChI=1S/C16H33NS/c1-2-3-4-5-6-7-8-9-10-11-12-16-15-17-13-14-18-16/h16-17H,2-15H2,1H3. The van der Waals surface area contributed by atoms with Crippen molar-refractivity contribution in [3.63, 3.8) is 0 Å². The van der Waals surface area contributed by atoms with Gasteiger partial charge in [-0.25, -0.2) is 0 Å². The summed E-state index contributed by atoms with van der Waals surface area (Å²) in [5, 5.41) is 4.41. The predicted molar refractivity (Wildman–Crippen MR) is 85.6 cm³/mol. The van der Waals surface area contributed by atoms with Crippen LogP contribution in [0.25, 0.3) is 0 Å². The normalized spacial score (nSPS) is 20.2. The lowest BCUT2D eigenvalue weighted by Crippen LogP contribution is -2.32. The molecule has 1 rings (SSSR count). The summed E-state index contributed by atoms with van der Waals surface area (Å²) < 4.78 is 0. The topological polar surface area (TPSA) is 12.0 Å². The van der Waals surface area contributed by atoms with E-state index in [0.29, 0.717) is 0 Å².